The van der Waals surface area contributed by atoms with Crippen molar-refractivity contribution in [2.45, 2.75) is 4.90 Å². The van der Waals surface area contributed by atoms with Gasteiger partial charge in [-0.05, 0) is 24.3 Å². The molecule has 0 atom stereocenters. The average Bonchev–Trinajstić information content (AvgIpc) is 2.33. The summed E-state index contributed by atoms with van der Waals surface area (Å²) in [5.41, 5.74) is 5.48. The molecule has 1 aromatic carbocycles. The molecule has 0 fully saturated rings. The second kappa shape index (κ2) is 5.02. The van der Waals surface area contributed by atoms with Crippen molar-refractivity contribution in [3.63, 3.8) is 0 Å². The molecule has 5 nitrogen and oxygen atoms in total. The molecule has 100 valence electrons. The van der Waals surface area contributed by atoms with Crippen molar-refractivity contribution >= 4 is 33.1 Å². The molecule has 2 rings (SSSR count). The van der Waals surface area contributed by atoms with Crippen LogP contribution in [0.4, 0.5) is 15.9 Å². The minimum atomic E-state index is -3.85. The van der Waals surface area contributed by atoms with E-state index in [1.165, 1.54) is 30.5 Å². The first-order valence-electron chi connectivity index (χ1n) is 5.08. The first kappa shape index (κ1) is 13.6. The fourth-order valence-corrected chi connectivity index (χ4v) is 2.56. The number of nitrogens with zero attached hydrogens (tertiary/aromatic N) is 1. The van der Waals surface area contributed by atoms with E-state index >= 15 is 0 Å². The number of aromatic nitrogens is 1. The van der Waals surface area contributed by atoms with Crippen LogP contribution >= 0.6 is 11.6 Å². The van der Waals surface area contributed by atoms with Crippen LogP contribution in [0.25, 0.3) is 0 Å². The first-order valence-corrected chi connectivity index (χ1v) is 6.94. The van der Waals surface area contributed by atoms with Crippen molar-refractivity contribution in [3.8, 4) is 0 Å². The Morgan fingerprint density at radius 2 is 2.00 bits per heavy atom. The molecule has 1 heterocycles. The van der Waals surface area contributed by atoms with Crippen LogP contribution in [-0.4, -0.2) is 13.4 Å². The number of hydrogen-bond donors (Lipinski definition) is 2. The minimum absolute atomic E-state index is 0.0599. The molecule has 0 aliphatic rings. The van der Waals surface area contributed by atoms with Crippen LogP contribution in [0.5, 0.6) is 0 Å². The maximum absolute atomic E-state index is 13.2. The van der Waals surface area contributed by atoms with E-state index in [9.17, 15) is 12.8 Å². The van der Waals surface area contributed by atoms with E-state index in [2.05, 4.69) is 9.71 Å². The highest BCUT2D eigenvalue weighted by Crippen LogP contribution is 2.21. The van der Waals surface area contributed by atoms with Crippen molar-refractivity contribution in [2.24, 2.45) is 0 Å². The third-order valence-corrected chi connectivity index (χ3v) is 3.92. The van der Waals surface area contributed by atoms with Gasteiger partial charge in [-0.3, -0.25) is 4.72 Å². The quantitative estimate of drug-likeness (QED) is 0.910. The van der Waals surface area contributed by atoms with E-state index in [1.54, 1.807) is 0 Å². The summed E-state index contributed by atoms with van der Waals surface area (Å²) in [5, 5.41) is -0.0869. The summed E-state index contributed by atoms with van der Waals surface area (Å²) in [6.07, 6.45) is 1.27. The molecule has 1 aromatic heterocycles. The molecule has 0 saturated carbocycles. The topological polar surface area (TPSA) is 85.1 Å². The number of anilines is 2. The van der Waals surface area contributed by atoms with Crippen molar-refractivity contribution in [1.82, 2.24) is 4.98 Å². The Kier molecular flexibility index (Phi) is 3.59. The predicted octanol–water partition coefficient (Wildman–Crippen LogP) is 2.26. The lowest BCUT2D eigenvalue weighted by molar-refractivity contribution is 0.601. The van der Waals surface area contributed by atoms with Gasteiger partial charge in [0.2, 0.25) is 0 Å². The largest absolute Gasteiger partial charge is 0.384 e. The highest BCUT2D eigenvalue weighted by Gasteiger charge is 2.15. The Morgan fingerprint density at radius 1 is 1.26 bits per heavy atom. The molecule has 0 saturated heterocycles. The van der Waals surface area contributed by atoms with E-state index in [1.807, 2.05) is 0 Å². The highest BCUT2D eigenvalue weighted by molar-refractivity contribution is 7.92. The lowest BCUT2D eigenvalue weighted by atomic mass is 10.3. The second-order valence-corrected chi connectivity index (χ2v) is 5.74. The molecule has 0 spiro atoms. The van der Waals surface area contributed by atoms with E-state index < -0.39 is 15.8 Å². The number of hydrogen-bond acceptors (Lipinski definition) is 4. The third-order valence-electron chi connectivity index (χ3n) is 2.23. The number of halogens is 2. The van der Waals surface area contributed by atoms with Gasteiger partial charge in [-0.1, -0.05) is 11.6 Å². The number of nitrogens with one attached hydrogen (secondary N) is 1. The van der Waals surface area contributed by atoms with Crippen molar-refractivity contribution < 1.29 is 12.8 Å². The molecule has 3 N–H and O–H groups in total. The number of nitrogen functional groups attached to an aromatic ring is 1. The van der Waals surface area contributed by atoms with Gasteiger partial charge in [0.05, 0.1) is 15.6 Å². The Balaban J connectivity index is 2.33. The lowest BCUT2D eigenvalue weighted by Crippen LogP contribution is -2.13. The zero-order valence-electron chi connectivity index (χ0n) is 9.47. The fourth-order valence-electron chi connectivity index (χ4n) is 1.37. The normalized spacial score (nSPS) is 11.3. The summed E-state index contributed by atoms with van der Waals surface area (Å²) in [4.78, 5) is 3.63. The number of sulfonamides is 1. The van der Waals surface area contributed by atoms with Crippen LogP contribution in [0, 0.1) is 5.82 Å². The van der Waals surface area contributed by atoms with Crippen molar-refractivity contribution in [1.29, 1.82) is 0 Å². The van der Waals surface area contributed by atoms with Gasteiger partial charge < -0.3 is 5.73 Å². The fraction of sp³-hybridized carbons (Fsp3) is 0. The van der Waals surface area contributed by atoms with Gasteiger partial charge in [0.1, 0.15) is 11.6 Å². The minimum Gasteiger partial charge on any atom is -0.384 e. The summed E-state index contributed by atoms with van der Waals surface area (Å²) in [6.45, 7) is 0. The van der Waals surface area contributed by atoms with Gasteiger partial charge >= 0.3 is 0 Å². The summed E-state index contributed by atoms with van der Waals surface area (Å²) in [6, 6.07) is 6.09. The van der Waals surface area contributed by atoms with Crippen LogP contribution in [0.1, 0.15) is 0 Å². The Morgan fingerprint density at radius 3 is 2.63 bits per heavy atom. The molecule has 19 heavy (non-hydrogen) atoms. The Hall–Kier alpha value is -1.86. The number of rotatable bonds is 3. The van der Waals surface area contributed by atoms with E-state index in [0.29, 0.717) is 0 Å². The van der Waals surface area contributed by atoms with Gasteiger partial charge in [-0.2, -0.15) is 0 Å². The standard InChI is InChI=1S/C11H9ClFN3O2S/c12-9-2-1-7(5-10(9)13)16-19(17,18)8-3-4-15-11(14)6-8/h1-6,16H,(H2,14,15). The summed E-state index contributed by atoms with van der Waals surface area (Å²) < 4.78 is 39.4. The highest BCUT2D eigenvalue weighted by atomic mass is 35.5. The van der Waals surface area contributed by atoms with Gasteiger partial charge in [0.25, 0.3) is 10.0 Å². The van der Waals surface area contributed by atoms with Crippen LogP contribution in [0.3, 0.4) is 0 Å². The Bertz CT molecular complexity index is 722. The molecule has 0 radical (unpaired) electrons. The number of benzene rings is 1. The smallest absolute Gasteiger partial charge is 0.262 e. The molecule has 0 aliphatic carbocycles. The van der Waals surface area contributed by atoms with Gasteiger partial charge in [0.15, 0.2) is 0 Å². The molecule has 2 aromatic rings. The molecule has 0 amide bonds. The van der Waals surface area contributed by atoms with Gasteiger partial charge in [-0.15, -0.1) is 0 Å². The lowest BCUT2D eigenvalue weighted by Gasteiger charge is -2.08. The number of nitrogens with two attached hydrogens (primary N) is 1. The second-order valence-electron chi connectivity index (χ2n) is 3.65. The summed E-state index contributed by atoms with van der Waals surface area (Å²) in [7, 11) is -3.85. The molecule has 0 unspecified atom stereocenters. The monoisotopic (exact) mass is 301 g/mol. The Labute approximate surface area is 114 Å². The van der Waals surface area contributed by atoms with Crippen LogP contribution in [-0.2, 0) is 10.0 Å². The van der Waals surface area contributed by atoms with Crippen molar-refractivity contribution in [2.75, 3.05) is 10.5 Å². The molecule has 0 bridgehead atoms. The van der Waals surface area contributed by atoms with Crippen LogP contribution in [0.2, 0.25) is 5.02 Å². The number of pyridine rings is 1. The van der Waals surface area contributed by atoms with E-state index in [4.69, 9.17) is 17.3 Å². The summed E-state index contributed by atoms with van der Waals surface area (Å²) in [5.74, 6) is -0.638. The molecule has 0 aliphatic heterocycles. The maximum Gasteiger partial charge on any atom is 0.262 e. The van der Waals surface area contributed by atoms with Gasteiger partial charge in [-0.25, -0.2) is 17.8 Å². The molecular weight excluding hydrogens is 293 g/mol. The first-order chi connectivity index (χ1) is 8.88. The maximum atomic E-state index is 13.2. The van der Waals surface area contributed by atoms with E-state index in [-0.39, 0.29) is 21.4 Å². The predicted molar refractivity (Wildman–Crippen MR) is 70.9 cm³/mol. The summed E-state index contributed by atoms with van der Waals surface area (Å²) >= 11 is 5.51. The van der Waals surface area contributed by atoms with Crippen LogP contribution in [0.15, 0.2) is 41.4 Å². The van der Waals surface area contributed by atoms with E-state index in [0.717, 1.165) is 6.07 Å². The van der Waals surface area contributed by atoms with Crippen molar-refractivity contribution in [3.05, 3.63) is 47.4 Å². The average molecular weight is 302 g/mol. The third kappa shape index (κ3) is 3.12. The zero-order chi connectivity index (χ0) is 14.0. The molecule has 8 heteroatoms. The zero-order valence-corrected chi connectivity index (χ0v) is 11.0. The molecular formula is C11H9ClFN3O2S. The van der Waals surface area contributed by atoms with Gasteiger partial charge in [0, 0.05) is 12.3 Å². The van der Waals surface area contributed by atoms with Crippen LogP contribution < -0.4 is 10.5 Å². The SMILES string of the molecule is Nc1cc(S(=O)(=O)Nc2ccc(Cl)c(F)c2)ccn1.